The number of nitrogens with two attached hydrogens (primary N) is 1. The number of anilines is 1. The summed E-state index contributed by atoms with van der Waals surface area (Å²) in [6, 6.07) is 13.7. The molecule has 0 saturated carbocycles. The summed E-state index contributed by atoms with van der Waals surface area (Å²) in [7, 11) is 0. The zero-order chi connectivity index (χ0) is 15.4. The van der Waals surface area contributed by atoms with E-state index in [-0.39, 0.29) is 0 Å². The molecule has 1 amide bonds. The predicted octanol–water partition coefficient (Wildman–Crippen LogP) is 4.17. The topological polar surface area (TPSA) is 55.1 Å². The van der Waals surface area contributed by atoms with E-state index in [1.54, 1.807) is 18.2 Å². The fourth-order valence-corrected chi connectivity index (χ4v) is 2.32. The molecule has 0 saturated heterocycles. The van der Waals surface area contributed by atoms with Gasteiger partial charge in [0, 0.05) is 12.2 Å². The molecule has 0 aliphatic rings. The maximum Gasteiger partial charge on any atom is 0.250 e. The Morgan fingerprint density at radius 2 is 1.86 bits per heavy atom. The molecule has 3 nitrogen and oxygen atoms in total. The van der Waals surface area contributed by atoms with Crippen LogP contribution in [-0.2, 0) is 6.54 Å². The minimum atomic E-state index is -0.518. The van der Waals surface area contributed by atoms with Crippen LogP contribution in [0.1, 0.15) is 41.3 Å². The van der Waals surface area contributed by atoms with Gasteiger partial charge < -0.3 is 11.1 Å². The third kappa shape index (κ3) is 3.99. The van der Waals surface area contributed by atoms with Crippen molar-refractivity contribution >= 4 is 23.2 Å². The zero-order valence-corrected chi connectivity index (χ0v) is 12.9. The molecule has 0 aliphatic heterocycles. The molecular weight excluding hydrogens is 284 g/mol. The van der Waals surface area contributed by atoms with E-state index in [4.69, 9.17) is 17.3 Å². The number of primary amides is 1. The van der Waals surface area contributed by atoms with Gasteiger partial charge in [0.15, 0.2) is 0 Å². The first-order valence-corrected chi connectivity index (χ1v) is 7.27. The Labute approximate surface area is 130 Å². The number of hydrogen-bond donors (Lipinski definition) is 2. The molecule has 0 atom stereocenters. The van der Waals surface area contributed by atoms with E-state index >= 15 is 0 Å². The molecule has 0 unspecified atom stereocenters. The number of rotatable bonds is 5. The summed E-state index contributed by atoms with van der Waals surface area (Å²) in [6.07, 6.45) is 0. The van der Waals surface area contributed by atoms with Crippen molar-refractivity contribution in [2.24, 2.45) is 5.73 Å². The monoisotopic (exact) mass is 302 g/mol. The van der Waals surface area contributed by atoms with Gasteiger partial charge in [-0.2, -0.15) is 0 Å². The van der Waals surface area contributed by atoms with Crippen molar-refractivity contribution in [3.05, 3.63) is 64.2 Å². The van der Waals surface area contributed by atoms with Crippen molar-refractivity contribution in [1.82, 2.24) is 0 Å². The highest BCUT2D eigenvalue weighted by Crippen LogP contribution is 2.21. The van der Waals surface area contributed by atoms with Gasteiger partial charge in [-0.25, -0.2) is 0 Å². The molecular formula is C17H19ClN2O. The molecule has 2 rings (SSSR count). The Bertz CT molecular complexity index is 636. The number of nitrogens with one attached hydrogen (secondary N) is 1. The second kappa shape index (κ2) is 6.64. The number of halogens is 1. The van der Waals surface area contributed by atoms with Crippen LogP contribution in [0.25, 0.3) is 0 Å². The summed E-state index contributed by atoms with van der Waals surface area (Å²) in [5.41, 5.74) is 8.94. The maximum atomic E-state index is 11.1. The van der Waals surface area contributed by atoms with Crippen molar-refractivity contribution in [1.29, 1.82) is 0 Å². The first-order valence-electron chi connectivity index (χ1n) is 6.89. The SMILES string of the molecule is CC(C)c1ccc(CNc2ccc(C(N)=O)c(Cl)c2)cc1. The Morgan fingerprint density at radius 3 is 2.38 bits per heavy atom. The van der Waals surface area contributed by atoms with Crippen LogP contribution in [0, 0.1) is 0 Å². The standard InChI is InChI=1S/C17H19ClN2O/c1-11(2)13-5-3-12(4-6-13)10-20-14-7-8-15(17(19)21)16(18)9-14/h3-9,11,20H,10H2,1-2H3,(H2,19,21). The third-order valence-corrected chi connectivity index (χ3v) is 3.69. The van der Waals surface area contributed by atoms with Crippen LogP contribution in [0.5, 0.6) is 0 Å². The Morgan fingerprint density at radius 1 is 1.19 bits per heavy atom. The lowest BCUT2D eigenvalue weighted by atomic mass is 10.0. The van der Waals surface area contributed by atoms with E-state index in [9.17, 15) is 4.79 Å². The van der Waals surface area contributed by atoms with E-state index in [1.165, 1.54) is 11.1 Å². The summed E-state index contributed by atoms with van der Waals surface area (Å²) < 4.78 is 0. The first kappa shape index (κ1) is 15.4. The van der Waals surface area contributed by atoms with Crippen molar-refractivity contribution in [3.63, 3.8) is 0 Å². The molecule has 110 valence electrons. The van der Waals surface area contributed by atoms with Crippen LogP contribution in [0.2, 0.25) is 5.02 Å². The second-order valence-electron chi connectivity index (χ2n) is 5.31. The Balaban J connectivity index is 2.03. The molecule has 21 heavy (non-hydrogen) atoms. The summed E-state index contributed by atoms with van der Waals surface area (Å²) in [4.78, 5) is 11.1. The minimum absolute atomic E-state index is 0.337. The first-order chi connectivity index (χ1) is 9.97. The van der Waals surface area contributed by atoms with E-state index < -0.39 is 5.91 Å². The summed E-state index contributed by atoms with van der Waals surface area (Å²) in [6.45, 7) is 5.05. The molecule has 0 aliphatic carbocycles. The molecule has 0 fully saturated rings. The fraction of sp³-hybridized carbons (Fsp3) is 0.235. The summed E-state index contributed by atoms with van der Waals surface area (Å²) in [5.74, 6) is 0.0167. The van der Waals surface area contributed by atoms with Crippen LogP contribution < -0.4 is 11.1 Å². The van der Waals surface area contributed by atoms with Gasteiger partial charge in [0.1, 0.15) is 0 Å². The van der Waals surface area contributed by atoms with E-state index in [0.717, 1.165) is 5.69 Å². The molecule has 2 aromatic rings. The summed E-state index contributed by atoms with van der Waals surface area (Å²) in [5, 5.41) is 3.64. The lowest BCUT2D eigenvalue weighted by Gasteiger charge is -2.10. The predicted molar refractivity (Wildman–Crippen MR) is 87.8 cm³/mol. The lowest BCUT2D eigenvalue weighted by Crippen LogP contribution is -2.11. The third-order valence-electron chi connectivity index (χ3n) is 3.38. The van der Waals surface area contributed by atoms with Gasteiger partial charge in [-0.15, -0.1) is 0 Å². The van der Waals surface area contributed by atoms with Gasteiger partial charge in [-0.3, -0.25) is 4.79 Å². The number of carbonyl (C=O) groups is 1. The highest BCUT2D eigenvalue weighted by atomic mass is 35.5. The van der Waals surface area contributed by atoms with Gasteiger partial charge in [0.05, 0.1) is 10.6 Å². The maximum absolute atomic E-state index is 11.1. The molecule has 3 N–H and O–H groups in total. The zero-order valence-electron chi connectivity index (χ0n) is 12.2. The van der Waals surface area contributed by atoms with Crippen LogP contribution in [0.4, 0.5) is 5.69 Å². The van der Waals surface area contributed by atoms with Crippen molar-refractivity contribution in [3.8, 4) is 0 Å². The average molecular weight is 303 g/mol. The molecule has 0 heterocycles. The molecule has 4 heteroatoms. The highest BCUT2D eigenvalue weighted by Gasteiger charge is 2.07. The van der Waals surface area contributed by atoms with Crippen LogP contribution in [0.3, 0.4) is 0 Å². The largest absolute Gasteiger partial charge is 0.381 e. The van der Waals surface area contributed by atoms with Crippen molar-refractivity contribution in [2.75, 3.05) is 5.32 Å². The van der Waals surface area contributed by atoms with Crippen molar-refractivity contribution in [2.45, 2.75) is 26.3 Å². The summed E-state index contributed by atoms with van der Waals surface area (Å²) >= 11 is 6.02. The van der Waals surface area contributed by atoms with Gasteiger partial charge in [0.2, 0.25) is 5.91 Å². The lowest BCUT2D eigenvalue weighted by molar-refractivity contribution is 0.100. The smallest absolute Gasteiger partial charge is 0.250 e. The van der Waals surface area contributed by atoms with Crippen LogP contribution in [-0.4, -0.2) is 5.91 Å². The average Bonchev–Trinajstić information content (AvgIpc) is 2.45. The fourth-order valence-electron chi connectivity index (χ4n) is 2.05. The number of amides is 1. The van der Waals surface area contributed by atoms with Gasteiger partial charge in [-0.05, 0) is 35.2 Å². The Kier molecular flexibility index (Phi) is 4.86. The number of carbonyl (C=O) groups excluding carboxylic acids is 1. The van der Waals surface area contributed by atoms with Gasteiger partial charge >= 0.3 is 0 Å². The second-order valence-corrected chi connectivity index (χ2v) is 5.72. The molecule has 0 aromatic heterocycles. The Hall–Kier alpha value is -2.00. The molecule has 0 radical (unpaired) electrons. The molecule has 0 spiro atoms. The normalized spacial score (nSPS) is 10.7. The van der Waals surface area contributed by atoms with E-state index in [2.05, 4.69) is 43.4 Å². The number of hydrogen-bond acceptors (Lipinski definition) is 2. The highest BCUT2D eigenvalue weighted by molar-refractivity contribution is 6.34. The molecule has 2 aromatic carbocycles. The minimum Gasteiger partial charge on any atom is -0.381 e. The van der Waals surface area contributed by atoms with Crippen LogP contribution >= 0.6 is 11.6 Å². The molecule has 0 bridgehead atoms. The van der Waals surface area contributed by atoms with Crippen LogP contribution in [0.15, 0.2) is 42.5 Å². The number of benzene rings is 2. The van der Waals surface area contributed by atoms with Crippen molar-refractivity contribution < 1.29 is 4.79 Å². The quantitative estimate of drug-likeness (QED) is 0.870. The van der Waals surface area contributed by atoms with E-state index in [0.29, 0.717) is 23.0 Å². The van der Waals surface area contributed by atoms with Gasteiger partial charge in [0.25, 0.3) is 0 Å². The van der Waals surface area contributed by atoms with Gasteiger partial charge in [-0.1, -0.05) is 49.7 Å². The van der Waals surface area contributed by atoms with E-state index in [1.807, 2.05) is 0 Å².